The molecule has 0 amide bonds. The lowest BCUT2D eigenvalue weighted by Crippen LogP contribution is -2.53. The van der Waals surface area contributed by atoms with E-state index in [9.17, 15) is 4.79 Å². The van der Waals surface area contributed by atoms with Crippen molar-refractivity contribution < 1.29 is 9.47 Å². The van der Waals surface area contributed by atoms with Gasteiger partial charge in [-0.2, -0.15) is 5.10 Å². The van der Waals surface area contributed by atoms with Crippen molar-refractivity contribution in [1.82, 2.24) is 14.7 Å². The maximum atomic E-state index is 11.8. The number of fused-ring (bicyclic) bond motifs is 1. The van der Waals surface area contributed by atoms with Gasteiger partial charge >= 0.3 is 0 Å². The van der Waals surface area contributed by atoms with Crippen LogP contribution in [0.1, 0.15) is 12.8 Å². The van der Waals surface area contributed by atoms with Crippen LogP contribution in [0.5, 0.6) is 11.5 Å². The molecule has 1 aromatic heterocycles. The van der Waals surface area contributed by atoms with Crippen molar-refractivity contribution in [3.63, 3.8) is 0 Å². The second-order valence-corrected chi connectivity index (χ2v) is 7.95. The Morgan fingerprint density at radius 3 is 2.38 bits per heavy atom. The van der Waals surface area contributed by atoms with E-state index in [4.69, 9.17) is 9.47 Å². The van der Waals surface area contributed by atoms with E-state index in [1.54, 1.807) is 19.3 Å². The maximum Gasteiger partial charge on any atom is 0.268 e. The van der Waals surface area contributed by atoms with Crippen LogP contribution >= 0.6 is 0 Å². The lowest BCUT2D eigenvalue weighted by molar-refractivity contribution is 0.160. The Balaban J connectivity index is 1.15. The molecule has 3 aliphatic rings. The Morgan fingerprint density at radius 1 is 0.897 bits per heavy atom. The molecule has 2 fully saturated rings. The summed E-state index contributed by atoms with van der Waals surface area (Å²) >= 11 is 0. The molecule has 2 aromatic rings. The molecule has 0 aliphatic carbocycles. The topological polar surface area (TPSA) is 63.1 Å². The van der Waals surface area contributed by atoms with E-state index in [1.807, 2.05) is 6.07 Å². The largest absolute Gasteiger partial charge is 0.454 e. The maximum absolute atomic E-state index is 11.8. The predicted octanol–water partition coefficient (Wildman–Crippen LogP) is 1.30. The molecule has 4 heterocycles. The minimum Gasteiger partial charge on any atom is -0.454 e. The SMILES string of the molecule is Cn1ncc(N2CCN(C3CCN(c4ccc5c(c4)OCO5)CC3)CC2)cc1=O. The summed E-state index contributed by atoms with van der Waals surface area (Å²) in [5, 5.41) is 4.15. The summed E-state index contributed by atoms with van der Waals surface area (Å²) < 4.78 is 12.3. The number of hydrogen-bond donors (Lipinski definition) is 0. The van der Waals surface area contributed by atoms with Gasteiger partial charge in [0.2, 0.25) is 6.79 Å². The number of rotatable bonds is 3. The van der Waals surface area contributed by atoms with Crippen LogP contribution in [0.4, 0.5) is 11.4 Å². The fourth-order valence-electron chi connectivity index (χ4n) is 4.55. The van der Waals surface area contributed by atoms with Crippen LogP contribution < -0.4 is 24.8 Å². The highest BCUT2D eigenvalue weighted by atomic mass is 16.7. The van der Waals surface area contributed by atoms with Crippen LogP contribution in [0.15, 0.2) is 35.3 Å². The summed E-state index contributed by atoms with van der Waals surface area (Å²) in [4.78, 5) is 19.2. The van der Waals surface area contributed by atoms with Gasteiger partial charge in [-0.25, -0.2) is 4.68 Å². The summed E-state index contributed by atoms with van der Waals surface area (Å²) in [7, 11) is 1.68. The number of aryl methyl sites for hydroxylation is 1. The summed E-state index contributed by atoms with van der Waals surface area (Å²) in [6, 6.07) is 8.55. The average molecular weight is 397 g/mol. The van der Waals surface area contributed by atoms with Crippen molar-refractivity contribution in [2.24, 2.45) is 7.05 Å². The minimum atomic E-state index is -0.0548. The second-order valence-electron chi connectivity index (χ2n) is 7.95. The molecule has 1 aromatic carbocycles. The summed E-state index contributed by atoms with van der Waals surface area (Å²) in [5.41, 5.74) is 2.10. The number of hydrogen-bond acceptors (Lipinski definition) is 7. The van der Waals surface area contributed by atoms with E-state index in [1.165, 1.54) is 23.2 Å². The predicted molar refractivity (Wildman–Crippen MR) is 111 cm³/mol. The number of piperazine rings is 1. The van der Waals surface area contributed by atoms with Crippen molar-refractivity contribution in [2.75, 3.05) is 55.9 Å². The van der Waals surface area contributed by atoms with E-state index in [2.05, 4.69) is 31.9 Å². The molecule has 0 saturated carbocycles. The molecule has 0 spiro atoms. The number of aromatic nitrogens is 2. The minimum absolute atomic E-state index is 0.0548. The number of nitrogens with zero attached hydrogens (tertiary/aromatic N) is 5. The molecule has 8 heteroatoms. The Bertz CT molecular complexity index is 930. The Labute approximate surface area is 170 Å². The first kappa shape index (κ1) is 18.3. The lowest BCUT2D eigenvalue weighted by atomic mass is 10.0. The molecule has 154 valence electrons. The molecule has 5 rings (SSSR count). The fourth-order valence-corrected chi connectivity index (χ4v) is 4.55. The van der Waals surface area contributed by atoms with E-state index in [0.717, 1.165) is 56.5 Å². The van der Waals surface area contributed by atoms with Gasteiger partial charge in [-0.15, -0.1) is 0 Å². The van der Waals surface area contributed by atoms with E-state index in [-0.39, 0.29) is 5.56 Å². The van der Waals surface area contributed by atoms with E-state index >= 15 is 0 Å². The van der Waals surface area contributed by atoms with Gasteiger partial charge in [0.25, 0.3) is 5.56 Å². The van der Waals surface area contributed by atoms with Gasteiger partial charge in [0.15, 0.2) is 11.5 Å². The highest BCUT2D eigenvalue weighted by Gasteiger charge is 2.28. The molecule has 0 unspecified atom stereocenters. The van der Waals surface area contributed by atoms with Crippen molar-refractivity contribution in [1.29, 1.82) is 0 Å². The normalized spacial score (nSPS) is 20.3. The van der Waals surface area contributed by atoms with Gasteiger partial charge in [0, 0.05) is 70.2 Å². The summed E-state index contributed by atoms with van der Waals surface area (Å²) in [5.74, 6) is 1.69. The third-order valence-electron chi connectivity index (χ3n) is 6.34. The fraction of sp³-hybridized carbons (Fsp3) is 0.524. The van der Waals surface area contributed by atoms with Crippen LogP contribution in [0.25, 0.3) is 0 Å². The van der Waals surface area contributed by atoms with E-state index < -0.39 is 0 Å². The van der Waals surface area contributed by atoms with Crippen molar-refractivity contribution in [3.05, 3.63) is 40.8 Å². The molecule has 3 aliphatic heterocycles. The number of ether oxygens (including phenoxy) is 2. The number of piperidine rings is 1. The first-order valence-electron chi connectivity index (χ1n) is 10.3. The lowest BCUT2D eigenvalue weighted by Gasteiger charge is -2.43. The van der Waals surface area contributed by atoms with Crippen LogP contribution in [-0.2, 0) is 7.05 Å². The second kappa shape index (κ2) is 7.59. The zero-order chi connectivity index (χ0) is 19.8. The summed E-state index contributed by atoms with van der Waals surface area (Å²) in [6.45, 7) is 6.38. The van der Waals surface area contributed by atoms with Crippen LogP contribution in [0, 0.1) is 0 Å². The van der Waals surface area contributed by atoms with Gasteiger partial charge in [-0.3, -0.25) is 9.69 Å². The molecule has 0 radical (unpaired) electrons. The van der Waals surface area contributed by atoms with Gasteiger partial charge < -0.3 is 19.3 Å². The molecule has 2 saturated heterocycles. The highest BCUT2D eigenvalue weighted by Crippen LogP contribution is 2.36. The standard InChI is InChI=1S/C21H27N5O3/c1-23-21(27)13-18(14-22-23)26-10-8-25(9-11-26)16-4-6-24(7-5-16)17-2-3-19-20(12-17)29-15-28-19/h2-3,12-14,16H,4-11,15H2,1H3. The number of benzene rings is 1. The van der Waals surface area contributed by atoms with Crippen molar-refractivity contribution in [3.8, 4) is 11.5 Å². The molecule has 0 atom stereocenters. The van der Waals surface area contributed by atoms with Crippen molar-refractivity contribution >= 4 is 11.4 Å². The Morgan fingerprint density at radius 2 is 1.62 bits per heavy atom. The van der Waals surface area contributed by atoms with Gasteiger partial charge in [0.05, 0.1) is 11.9 Å². The highest BCUT2D eigenvalue weighted by molar-refractivity contribution is 5.57. The third kappa shape index (κ3) is 3.64. The molecule has 29 heavy (non-hydrogen) atoms. The van der Waals surface area contributed by atoms with E-state index in [0.29, 0.717) is 12.8 Å². The van der Waals surface area contributed by atoms with Gasteiger partial charge in [-0.1, -0.05) is 0 Å². The monoisotopic (exact) mass is 397 g/mol. The third-order valence-corrected chi connectivity index (χ3v) is 6.34. The van der Waals surface area contributed by atoms with Crippen LogP contribution in [0.2, 0.25) is 0 Å². The number of anilines is 2. The molecular formula is C21H27N5O3. The van der Waals surface area contributed by atoms with Gasteiger partial charge in [-0.05, 0) is 25.0 Å². The molecular weight excluding hydrogens is 370 g/mol. The van der Waals surface area contributed by atoms with Crippen LogP contribution in [0.3, 0.4) is 0 Å². The quantitative estimate of drug-likeness (QED) is 0.774. The zero-order valence-corrected chi connectivity index (χ0v) is 16.8. The zero-order valence-electron chi connectivity index (χ0n) is 16.8. The average Bonchev–Trinajstić information content (AvgIpc) is 3.24. The van der Waals surface area contributed by atoms with Crippen LogP contribution in [-0.4, -0.2) is 66.8 Å². The molecule has 8 nitrogen and oxygen atoms in total. The Hall–Kier alpha value is -2.74. The smallest absolute Gasteiger partial charge is 0.268 e. The first-order valence-corrected chi connectivity index (χ1v) is 10.3. The molecule has 0 N–H and O–H groups in total. The molecule has 0 bridgehead atoms. The first-order chi connectivity index (χ1) is 14.2. The Kier molecular flexibility index (Phi) is 4.79. The van der Waals surface area contributed by atoms with Crippen molar-refractivity contribution in [2.45, 2.75) is 18.9 Å². The van der Waals surface area contributed by atoms with Gasteiger partial charge in [0.1, 0.15) is 0 Å². The summed E-state index contributed by atoms with van der Waals surface area (Å²) in [6.07, 6.45) is 4.13.